The summed E-state index contributed by atoms with van der Waals surface area (Å²) in [6.45, 7) is 6.96. The lowest BCUT2D eigenvalue weighted by Crippen LogP contribution is -2.48. The van der Waals surface area contributed by atoms with Crippen molar-refractivity contribution in [3.8, 4) is 0 Å². The fraction of sp³-hybridized carbons (Fsp3) is 0.429. The standard InChI is InChI=1S/C21H26N4O5S/c1-4-17-14(2)31-20(19(17)21(27)30-3)22-18(26)13-23-9-11-24(12-10-23)15-5-7-16(8-6-15)25(28)29/h5-8H,4,9-13H2,1-3H3,(H,22,26). The molecule has 166 valence electrons. The number of rotatable bonds is 7. The fourth-order valence-electron chi connectivity index (χ4n) is 3.73. The molecule has 1 aliphatic heterocycles. The average molecular weight is 447 g/mol. The summed E-state index contributed by atoms with van der Waals surface area (Å²) in [4.78, 5) is 40.4. The molecule has 1 aromatic heterocycles. The van der Waals surface area contributed by atoms with E-state index in [1.807, 2.05) is 13.8 Å². The second-order valence-corrected chi connectivity index (χ2v) is 8.50. The van der Waals surface area contributed by atoms with Gasteiger partial charge in [-0.3, -0.25) is 19.8 Å². The van der Waals surface area contributed by atoms with Crippen LogP contribution in [0.2, 0.25) is 0 Å². The number of piperazine rings is 1. The molecule has 1 aromatic carbocycles. The molecule has 1 N–H and O–H groups in total. The molecule has 1 aliphatic rings. The van der Waals surface area contributed by atoms with Gasteiger partial charge in [-0.2, -0.15) is 0 Å². The first-order chi connectivity index (χ1) is 14.8. The van der Waals surface area contributed by atoms with Gasteiger partial charge in [-0.1, -0.05) is 6.92 Å². The van der Waals surface area contributed by atoms with Crippen LogP contribution in [0.15, 0.2) is 24.3 Å². The molecule has 31 heavy (non-hydrogen) atoms. The molecule has 1 saturated heterocycles. The summed E-state index contributed by atoms with van der Waals surface area (Å²) >= 11 is 1.39. The van der Waals surface area contributed by atoms with Gasteiger partial charge in [-0.25, -0.2) is 4.79 Å². The normalized spacial score (nSPS) is 14.4. The molecule has 0 aliphatic carbocycles. The van der Waals surface area contributed by atoms with Gasteiger partial charge in [0, 0.05) is 48.9 Å². The van der Waals surface area contributed by atoms with Crippen molar-refractivity contribution >= 4 is 39.6 Å². The van der Waals surface area contributed by atoms with Crippen LogP contribution >= 0.6 is 11.3 Å². The topological polar surface area (TPSA) is 105 Å². The minimum absolute atomic E-state index is 0.0698. The Morgan fingerprint density at radius 2 is 1.84 bits per heavy atom. The highest BCUT2D eigenvalue weighted by Gasteiger charge is 2.24. The van der Waals surface area contributed by atoms with E-state index in [-0.39, 0.29) is 18.1 Å². The van der Waals surface area contributed by atoms with Crippen LogP contribution in [0, 0.1) is 17.0 Å². The number of hydrogen-bond donors (Lipinski definition) is 1. The molecule has 0 unspecified atom stereocenters. The van der Waals surface area contributed by atoms with E-state index < -0.39 is 10.9 Å². The number of nitrogens with zero attached hydrogens (tertiary/aromatic N) is 3. The number of benzene rings is 1. The lowest BCUT2D eigenvalue weighted by atomic mass is 10.1. The van der Waals surface area contributed by atoms with Crippen LogP contribution in [-0.4, -0.2) is 61.5 Å². The summed E-state index contributed by atoms with van der Waals surface area (Å²) < 4.78 is 4.90. The Kier molecular flexibility index (Phi) is 7.24. The van der Waals surface area contributed by atoms with Gasteiger partial charge in [0.2, 0.25) is 5.91 Å². The van der Waals surface area contributed by atoms with E-state index in [0.717, 1.165) is 29.2 Å². The monoisotopic (exact) mass is 446 g/mol. The Balaban J connectivity index is 1.57. The maximum Gasteiger partial charge on any atom is 0.341 e. The molecule has 9 nitrogen and oxygen atoms in total. The second kappa shape index (κ2) is 9.88. The lowest BCUT2D eigenvalue weighted by molar-refractivity contribution is -0.384. The van der Waals surface area contributed by atoms with E-state index in [4.69, 9.17) is 4.74 Å². The minimum atomic E-state index is -0.437. The third kappa shape index (κ3) is 5.20. The molecule has 0 atom stereocenters. The summed E-state index contributed by atoms with van der Waals surface area (Å²) in [5.74, 6) is -0.606. The van der Waals surface area contributed by atoms with E-state index in [2.05, 4.69) is 15.1 Å². The Bertz CT molecular complexity index is 965. The highest BCUT2D eigenvalue weighted by Crippen LogP contribution is 2.34. The van der Waals surface area contributed by atoms with Crippen molar-refractivity contribution in [2.24, 2.45) is 0 Å². The van der Waals surface area contributed by atoms with Gasteiger partial charge >= 0.3 is 5.97 Å². The second-order valence-electron chi connectivity index (χ2n) is 7.27. The molecule has 10 heteroatoms. The van der Waals surface area contributed by atoms with Gasteiger partial charge in [0.15, 0.2) is 0 Å². The molecule has 1 amide bonds. The molecule has 3 rings (SSSR count). The van der Waals surface area contributed by atoms with Crippen molar-refractivity contribution in [1.29, 1.82) is 0 Å². The van der Waals surface area contributed by atoms with E-state index in [9.17, 15) is 19.7 Å². The van der Waals surface area contributed by atoms with E-state index >= 15 is 0 Å². The maximum absolute atomic E-state index is 12.6. The third-order valence-corrected chi connectivity index (χ3v) is 6.43. The first-order valence-electron chi connectivity index (χ1n) is 10.1. The number of carbonyl (C=O) groups excluding carboxylic acids is 2. The Morgan fingerprint density at radius 1 is 1.19 bits per heavy atom. The summed E-state index contributed by atoms with van der Waals surface area (Å²) in [6, 6.07) is 6.50. The highest BCUT2D eigenvalue weighted by atomic mass is 32.1. The summed E-state index contributed by atoms with van der Waals surface area (Å²) in [5.41, 5.74) is 2.35. The fourth-order valence-corrected chi connectivity index (χ4v) is 4.88. The molecule has 0 radical (unpaired) electrons. The van der Waals surface area contributed by atoms with E-state index in [1.165, 1.54) is 30.6 Å². The first kappa shape index (κ1) is 22.7. The molecule has 2 heterocycles. The van der Waals surface area contributed by atoms with Crippen molar-refractivity contribution in [1.82, 2.24) is 4.90 Å². The zero-order valence-electron chi connectivity index (χ0n) is 17.8. The third-order valence-electron chi connectivity index (χ3n) is 5.37. The van der Waals surface area contributed by atoms with Crippen molar-refractivity contribution in [3.63, 3.8) is 0 Å². The number of ether oxygens (including phenoxy) is 1. The van der Waals surface area contributed by atoms with Crippen molar-refractivity contribution in [2.75, 3.05) is 50.1 Å². The van der Waals surface area contributed by atoms with Crippen LogP contribution in [0.3, 0.4) is 0 Å². The van der Waals surface area contributed by atoms with Crippen molar-refractivity contribution in [2.45, 2.75) is 20.3 Å². The van der Waals surface area contributed by atoms with Gasteiger partial charge in [-0.15, -0.1) is 11.3 Å². The number of anilines is 2. The summed E-state index contributed by atoms with van der Waals surface area (Å²) in [6.07, 6.45) is 0.688. The highest BCUT2D eigenvalue weighted by molar-refractivity contribution is 7.16. The van der Waals surface area contributed by atoms with Crippen LogP contribution in [0.25, 0.3) is 0 Å². The van der Waals surface area contributed by atoms with Crippen LogP contribution in [-0.2, 0) is 16.0 Å². The number of nitro groups is 1. The number of carbonyl (C=O) groups is 2. The van der Waals surface area contributed by atoms with Gasteiger partial charge in [-0.05, 0) is 31.0 Å². The number of nitro benzene ring substituents is 1. The number of aryl methyl sites for hydroxylation is 1. The summed E-state index contributed by atoms with van der Waals surface area (Å²) in [7, 11) is 1.34. The predicted octanol–water partition coefficient (Wildman–Crippen LogP) is 3.07. The predicted molar refractivity (Wildman–Crippen MR) is 120 cm³/mol. The first-order valence-corrected chi connectivity index (χ1v) is 10.9. The molecule has 1 fully saturated rings. The SMILES string of the molecule is CCc1c(C)sc(NC(=O)CN2CCN(c3ccc([N+](=O)[O-])cc3)CC2)c1C(=O)OC. The number of non-ortho nitro benzene ring substituents is 1. The van der Waals surface area contributed by atoms with Gasteiger partial charge in [0.25, 0.3) is 5.69 Å². The minimum Gasteiger partial charge on any atom is -0.465 e. The molecule has 0 saturated carbocycles. The largest absolute Gasteiger partial charge is 0.465 e. The van der Waals surface area contributed by atoms with E-state index in [0.29, 0.717) is 30.1 Å². The average Bonchev–Trinajstić information content (AvgIpc) is 3.08. The Labute approximate surface area is 184 Å². The molecule has 0 bridgehead atoms. The van der Waals surface area contributed by atoms with Crippen LogP contribution in [0.1, 0.15) is 27.7 Å². The van der Waals surface area contributed by atoms with E-state index in [1.54, 1.807) is 12.1 Å². The maximum atomic E-state index is 12.6. The quantitative estimate of drug-likeness (QED) is 0.396. The number of thiophene rings is 1. The zero-order chi connectivity index (χ0) is 22.5. The molecule has 0 spiro atoms. The van der Waals surface area contributed by atoms with Gasteiger partial charge in [0.05, 0.1) is 24.1 Å². The summed E-state index contributed by atoms with van der Waals surface area (Å²) in [5, 5.41) is 14.2. The zero-order valence-corrected chi connectivity index (χ0v) is 18.7. The van der Waals surface area contributed by atoms with Gasteiger partial charge in [0.1, 0.15) is 5.00 Å². The molecular weight excluding hydrogens is 420 g/mol. The van der Waals surface area contributed by atoms with Crippen LogP contribution in [0.5, 0.6) is 0 Å². The molecular formula is C21H26N4O5S. The molecule has 2 aromatic rings. The van der Waals surface area contributed by atoms with Gasteiger partial charge < -0.3 is 15.0 Å². The number of amides is 1. The number of nitrogens with one attached hydrogen (secondary N) is 1. The number of esters is 1. The number of hydrogen-bond acceptors (Lipinski definition) is 8. The Morgan fingerprint density at radius 3 is 2.39 bits per heavy atom. The van der Waals surface area contributed by atoms with Crippen LogP contribution < -0.4 is 10.2 Å². The Hall–Kier alpha value is -2.98. The number of methoxy groups -OCH3 is 1. The smallest absolute Gasteiger partial charge is 0.341 e. The lowest BCUT2D eigenvalue weighted by Gasteiger charge is -2.35. The van der Waals surface area contributed by atoms with Crippen LogP contribution in [0.4, 0.5) is 16.4 Å². The van der Waals surface area contributed by atoms with Crippen molar-refractivity contribution < 1.29 is 19.2 Å². The van der Waals surface area contributed by atoms with Crippen molar-refractivity contribution in [3.05, 3.63) is 50.4 Å².